The normalized spacial score (nSPS) is 18.4. The number of thioether (sulfide) groups is 1. The Bertz CT molecular complexity index is 1900. The third kappa shape index (κ3) is 6.69. The smallest absolute Gasteiger partial charge is 0.329 e. The molecule has 260 valence electrons. The van der Waals surface area contributed by atoms with Crippen LogP contribution in [-0.4, -0.2) is 44.6 Å². The summed E-state index contributed by atoms with van der Waals surface area (Å²) in [5, 5.41) is 4.36. The lowest BCUT2D eigenvalue weighted by Gasteiger charge is -2.50. The number of nitrogens with one attached hydrogen (secondary N) is 1. The number of hydrogen-bond acceptors (Lipinski definition) is 5. The quantitative estimate of drug-likeness (QED) is 0.172. The number of rotatable bonds is 11. The molecule has 0 amide bonds. The van der Waals surface area contributed by atoms with Crippen molar-refractivity contribution >= 4 is 49.1 Å². The number of aromatic nitrogens is 2. The Hall–Kier alpha value is -3.74. The van der Waals surface area contributed by atoms with Crippen molar-refractivity contribution in [3.63, 3.8) is 0 Å². The van der Waals surface area contributed by atoms with Crippen molar-refractivity contribution in [3.05, 3.63) is 154 Å². The number of hydrogen-bond donors (Lipinski definition) is 1. The lowest BCUT2D eigenvalue weighted by atomic mass is 10.0. The van der Waals surface area contributed by atoms with Gasteiger partial charge in [0.1, 0.15) is 0 Å². The first-order valence-electron chi connectivity index (χ1n) is 17.4. The van der Waals surface area contributed by atoms with Crippen molar-refractivity contribution in [1.82, 2.24) is 9.55 Å². The zero-order valence-corrected chi connectivity index (χ0v) is 32.7. The summed E-state index contributed by atoms with van der Waals surface area (Å²) in [4.78, 5) is 27.7. The van der Waals surface area contributed by atoms with Crippen LogP contribution >= 0.6 is 11.8 Å². The average Bonchev–Trinajstić information content (AvgIpc) is 3.09. The third-order valence-electron chi connectivity index (χ3n) is 10.1. The molecule has 50 heavy (non-hydrogen) atoms. The van der Waals surface area contributed by atoms with E-state index in [1.807, 2.05) is 0 Å². The Morgan fingerprint density at radius 1 is 0.600 bits per heavy atom. The van der Waals surface area contributed by atoms with Gasteiger partial charge in [0, 0.05) is 36.6 Å². The molecule has 1 aliphatic rings. The van der Waals surface area contributed by atoms with Gasteiger partial charge in [-0.1, -0.05) is 163 Å². The second kappa shape index (κ2) is 14.5. The second-order valence-electron chi connectivity index (χ2n) is 15.2. The lowest BCUT2D eigenvalue weighted by molar-refractivity contribution is 0.165. The van der Waals surface area contributed by atoms with E-state index in [9.17, 15) is 9.59 Å². The Morgan fingerprint density at radius 2 is 0.980 bits per heavy atom. The van der Waals surface area contributed by atoms with E-state index in [1.165, 1.54) is 26.8 Å². The molecule has 1 aliphatic heterocycles. The van der Waals surface area contributed by atoms with Gasteiger partial charge in [0.05, 0.1) is 5.37 Å². The molecule has 5 aromatic rings. The molecule has 0 aliphatic carbocycles. The van der Waals surface area contributed by atoms with Crippen molar-refractivity contribution in [2.45, 2.75) is 62.2 Å². The Balaban J connectivity index is 1.41. The fourth-order valence-corrected chi connectivity index (χ4v) is 18.4. The van der Waals surface area contributed by atoms with E-state index in [1.54, 1.807) is 22.5 Å². The van der Waals surface area contributed by atoms with Crippen LogP contribution in [0.1, 0.15) is 46.9 Å². The summed E-state index contributed by atoms with van der Waals surface area (Å²) in [6, 6.07) is 44.1. The van der Waals surface area contributed by atoms with Crippen LogP contribution in [0.4, 0.5) is 0 Å². The van der Waals surface area contributed by atoms with Crippen molar-refractivity contribution in [1.29, 1.82) is 0 Å². The molecule has 1 aromatic heterocycles. The highest BCUT2D eigenvalue weighted by atomic mass is 32.2. The van der Waals surface area contributed by atoms with E-state index < -0.39 is 27.9 Å². The third-order valence-corrected chi connectivity index (χ3v) is 21.8. The Kier molecular flexibility index (Phi) is 10.4. The lowest BCUT2D eigenvalue weighted by Crippen LogP contribution is -2.68. The summed E-state index contributed by atoms with van der Waals surface area (Å²) >= 11 is 1.72. The van der Waals surface area contributed by atoms with Gasteiger partial charge < -0.3 is 8.85 Å². The highest BCUT2D eigenvalue weighted by Gasteiger charge is 2.55. The van der Waals surface area contributed by atoms with Crippen LogP contribution in [-0.2, 0) is 8.85 Å². The molecule has 0 bridgehead atoms. The first-order chi connectivity index (χ1) is 23.9. The molecule has 6 rings (SSSR count). The van der Waals surface area contributed by atoms with E-state index in [0.717, 1.165) is 0 Å². The molecule has 4 aromatic carbocycles. The van der Waals surface area contributed by atoms with Crippen molar-refractivity contribution in [2.75, 3.05) is 13.2 Å². The fraction of sp³-hybridized carbons (Fsp3) is 0.317. The van der Waals surface area contributed by atoms with Gasteiger partial charge in [0.2, 0.25) is 0 Å². The largest absolute Gasteiger partial charge is 0.407 e. The van der Waals surface area contributed by atoms with Gasteiger partial charge in [-0.05, 0) is 30.8 Å². The SMILES string of the molecule is CC(C)(C)[Si](OC[C@H]1[C@H](n2ccc(=O)[nH]c2=O)S[C@@H]1CO[Si](c1ccccc1)(c1ccccc1)C(C)(C)C)(c1ccccc1)c1ccccc1. The topological polar surface area (TPSA) is 73.3 Å². The highest BCUT2D eigenvalue weighted by Crippen LogP contribution is 2.51. The first kappa shape index (κ1) is 36.1. The van der Waals surface area contributed by atoms with Crippen LogP contribution < -0.4 is 32.0 Å². The minimum Gasteiger partial charge on any atom is -0.407 e. The summed E-state index contributed by atoms with van der Waals surface area (Å²) in [7, 11) is -5.66. The molecule has 0 radical (unpaired) electrons. The molecule has 0 spiro atoms. The maximum Gasteiger partial charge on any atom is 0.329 e. The van der Waals surface area contributed by atoms with Crippen LogP contribution in [0.2, 0.25) is 10.1 Å². The number of benzene rings is 4. The molecular formula is C41H48N2O4SSi2. The molecule has 3 atom stereocenters. The minimum atomic E-state index is -2.86. The zero-order chi connectivity index (χ0) is 35.6. The molecule has 0 unspecified atom stereocenters. The standard InChI is InChI=1S/C41H48N2O4SSi2/c1-40(2,3)49(31-19-11-7-12-20-31,32-21-13-8-14-22-32)46-29-35-36(48-38(35)43-28-27-37(44)42-39(43)45)30-47-50(41(4,5)6,33-23-15-9-16-24-33)34-25-17-10-18-26-34/h7-28,35-36,38H,29-30H2,1-6H3,(H,42,44,45)/t35-,36-,38-/m1/s1. The summed E-state index contributed by atoms with van der Waals surface area (Å²) in [6.45, 7) is 14.7. The van der Waals surface area contributed by atoms with Crippen LogP contribution in [0.3, 0.4) is 0 Å². The van der Waals surface area contributed by atoms with Gasteiger partial charge in [0.15, 0.2) is 0 Å². The monoisotopic (exact) mass is 720 g/mol. The van der Waals surface area contributed by atoms with Gasteiger partial charge in [-0.15, -0.1) is 11.8 Å². The molecule has 0 saturated carbocycles. The van der Waals surface area contributed by atoms with E-state index in [2.05, 4.69) is 168 Å². The average molecular weight is 721 g/mol. The number of nitrogens with zero attached hydrogens (tertiary/aromatic N) is 1. The predicted molar refractivity (Wildman–Crippen MR) is 212 cm³/mol. The summed E-state index contributed by atoms with van der Waals surface area (Å²) in [5.41, 5.74) is -0.806. The molecule has 1 N–H and O–H groups in total. The number of H-pyrrole nitrogens is 1. The molecule has 1 fully saturated rings. The molecule has 2 heterocycles. The van der Waals surface area contributed by atoms with Crippen molar-refractivity contribution in [3.8, 4) is 0 Å². The first-order valence-corrected chi connectivity index (χ1v) is 22.1. The van der Waals surface area contributed by atoms with E-state index >= 15 is 0 Å². The van der Waals surface area contributed by atoms with E-state index in [-0.39, 0.29) is 26.6 Å². The summed E-state index contributed by atoms with van der Waals surface area (Å²) < 4.78 is 16.6. The van der Waals surface area contributed by atoms with Crippen molar-refractivity contribution in [2.24, 2.45) is 5.92 Å². The fourth-order valence-electron chi connectivity index (χ4n) is 7.68. The second-order valence-corrected chi connectivity index (χ2v) is 25.2. The van der Waals surface area contributed by atoms with Gasteiger partial charge in [0.25, 0.3) is 22.2 Å². The van der Waals surface area contributed by atoms with Crippen LogP contribution in [0.5, 0.6) is 0 Å². The van der Waals surface area contributed by atoms with Gasteiger partial charge in [-0.2, -0.15) is 0 Å². The van der Waals surface area contributed by atoms with Gasteiger partial charge in [-0.3, -0.25) is 14.3 Å². The molecule has 6 nitrogen and oxygen atoms in total. The molecular weight excluding hydrogens is 673 g/mol. The Labute approximate surface area is 302 Å². The minimum absolute atomic E-state index is 0.0523. The van der Waals surface area contributed by atoms with Gasteiger partial charge in [-0.25, -0.2) is 4.79 Å². The van der Waals surface area contributed by atoms with E-state index in [4.69, 9.17) is 8.85 Å². The maximum absolute atomic E-state index is 13.2. The summed E-state index contributed by atoms with van der Waals surface area (Å²) in [5.74, 6) is -0.0523. The zero-order valence-electron chi connectivity index (χ0n) is 29.8. The summed E-state index contributed by atoms with van der Waals surface area (Å²) in [6.07, 6.45) is 1.62. The predicted octanol–water partition coefficient (Wildman–Crippen LogP) is 5.92. The van der Waals surface area contributed by atoms with Crippen LogP contribution in [0, 0.1) is 5.92 Å². The van der Waals surface area contributed by atoms with Gasteiger partial charge >= 0.3 is 5.69 Å². The highest BCUT2D eigenvalue weighted by molar-refractivity contribution is 8.01. The van der Waals surface area contributed by atoms with Crippen LogP contribution in [0.25, 0.3) is 0 Å². The van der Waals surface area contributed by atoms with Crippen molar-refractivity contribution < 1.29 is 8.85 Å². The maximum atomic E-state index is 13.2. The molecule has 9 heteroatoms. The number of aromatic amines is 1. The molecule has 1 saturated heterocycles. The Morgan fingerprint density at radius 3 is 1.34 bits per heavy atom. The van der Waals surface area contributed by atoms with Crippen LogP contribution in [0.15, 0.2) is 143 Å². The van der Waals surface area contributed by atoms with E-state index in [0.29, 0.717) is 13.2 Å².